The zero-order valence-corrected chi connectivity index (χ0v) is 16.0. The number of likely N-dealkylation sites (tertiary alicyclic amines) is 1. The Kier molecular flexibility index (Phi) is 6.11. The Morgan fingerprint density at radius 1 is 1.23 bits per heavy atom. The Bertz CT molecular complexity index is 818. The molecule has 0 radical (unpaired) electrons. The van der Waals surface area contributed by atoms with E-state index in [1.165, 1.54) is 0 Å². The molecule has 1 aromatic heterocycles. The van der Waals surface area contributed by atoms with Crippen LogP contribution in [0.5, 0.6) is 0 Å². The molecule has 2 aromatic rings. The molecule has 1 fully saturated rings. The molecule has 2 heterocycles. The highest BCUT2D eigenvalue weighted by atomic mass is 32.2. The Morgan fingerprint density at radius 2 is 2.00 bits per heavy atom. The molecule has 3 rings (SSSR count). The van der Waals surface area contributed by atoms with E-state index in [1.807, 2.05) is 34.9 Å². The minimum Gasteiger partial charge on any atom is -0.396 e. The summed E-state index contributed by atoms with van der Waals surface area (Å²) >= 11 is 0. The van der Waals surface area contributed by atoms with Gasteiger partial charge in [-0.25, -0.2) is 13.4 Å². The number of aromatic nitrogens is 2. The number of rotatable bonds is 7. The predicted octanol–water partition coefficient (Wildman–Crippen LogP) is 1.93. The number of hydrogen-bond donors (Lipinski definition) is 1. The first-order valence-corrected chi connectivity index (χ1v) is 10.8. The molecule has 1 atom stereocenters. The van der Waals surface area contributed by atoms with E-state index >= 15 is 0 Å². The summed E-state index contributed by atoms with van der Waals surface area (Å²) < 4.78 is 26.8. The van der Waals surface area contributed by atoms with Crippen LogP contribution in [0, 0.1) is 5.92 Å². The van der Waals surface area contributed by atoms with E-state index in [9.17, 15) is 13.5 Å². The summed E-state index contributed by atoms with van der Waals surface area (Å²) in [5.74, 6) is 0.335. The van der Waals surface area contributed by atoms with Crippen LogP contribution in [0.25, 0.3) is 0 Å². The topological polar surface area (TPSA) is 75.4 Å². The molecule has 0 aliphatic carbocycles. The van der Waals surface area contributed by atoms with Crippen molar-refractivity contribution < 1.29 is 13.5 Å². The number of hydrogen-bond acceptors (Lipinski definition) is 5. The van der Waals surface area contributed by atoms with Gasteiger partial charge in [-0.1, -0.05) is 37.3 Å². The van der Waals surface area contributed by atoms with E-state index in [1.54, 1.807) is 13.1 Å². The van der Waals surface area contributed by atoms with E-state index in [2.05, 4.69) is 9.88 Å². The first kappa shape index (κ1) is 19.1. The lowest BCUT2D eigenvalue weighted by atomic mass is 9.99. The molecule has 7 heteroatoms. The van der Waals surface area contributed by atoms with Crippen molar-refractivity contribution in [2.45, 2.75) is 38.0 Å². The fraction of sp³-hybridized carbons (Fsp3) is 0.526. The third-order valence-corrected chi connectivity index (χ3v) is 6.63. The van der Waals surface area contributed by atoms with Crippen molar-refractivity contribution in [1.29, 1.82) is 0 Å². The van der Waals surface area contributed by atoms with Gasteiger partial charge in [0.25, 0.3) is 0 Å². The van der Waals surface area contributed by atoms with Gasteiger partial charge in [-0.2, -0.15) is 0 Å². The van der Waals surface area contributed by atoms with Gasteiger partial charge >= 0.3 is 0 Å². The SMILES string of the molecule is CCS(=O)(=O)c1ncc(CN2CCCC(CO)C2)n1Cc1ccccc1. The zero-order valence-electron chi connectivity index (χ0n) is 15.2. The molecule has 6 nitrogen and oxygen atoms in total. The summed E-state index contributed by atoms with van der Waals surface area (Å²) in [4.78, 5) is 6.54. The largest absolute Gasteiger partial charge is 0.396 e. The van der Waals surface area contributed by atoms with Crippen molar-refractivity contribution >= 4 is 9.84 Å². The number of nitrogens with zero attached hydrogens (tertiary/aromatic N) is 3. The minimum atomic E-state index is -3.39. The maximum absolute atomic E-state index is 12.5. The van der Waals surface area contributed by atoms with E-state index < -0.39 is 9.84 Å². The molecule has 142 valence electrons. The number of sulfone groups is 1. The van der Waals surface area contributed by atoms with Crippen LogP contribution < -0.4 is 0 Å². The van der Waals surface area contributed by atoms with E-state index in [0.717, 1.165) is 37.2 Å². The van der Waals surface area contributed by atoms with Crippen LogP contribution >= 0.6 is 0 Å². The van der Waals surface area contributed by atoms with Gasteiger partial charge in [0.05, 0.1) is 24.2 Å². The molecule has 26 heavy (non-hydrogen) atoms. The van der Waals surface area contributed by atoms with Crippen LogP contribution in [0.2, 0.25) is 0 Å². The van der Waals surface area contributed by atoms with Crippen LogP contribution in [0.4, 0.5) is 0 Å². The van der Waals surface area contributed by atoms with Crippen molar-refractivity contribution in [3.05, 3.63) is 47.8 Å². The van der Waals surface area contributed by atoms with Crippen LogP contribution in [0.3, 0.4) is 0 Å². The van der Waals surface area contributed by atoms with Gasteiger partial charge in [-0.15, -0.1) is 0 Å². The fourth-order valence-corrected chi connectivity index (χ4v) is 4.49. The summed E-state index contributed by atoms with van der Waals surface area (Å²) in [6.07, 6.45) is 3.79. The quantitative estimate of drug-likeness (QED) is 0.798. The summed E-state index contributed by atoms with van der Waals surface area (Å²) in [5, 5.41) is 9.59. The molecular formula is C19H27N3O3S. The van der Waals surface area contributed by atoms with Gasteiger partial charge in [0, 0.05) is 19.7 Å². The molecular weight excluding hydrogens is 350 g/mol. The first-order chi connectivity index (χ1) is 12.5. The lowest BCUT2D eigenvalue weighted by Crippen LogP contribution is -2.36. The molecule has 0 bridgehead atoms. The predicted molar refractivity (Wildman–Crippen MR) is 101 cm³/mol. The summed E-state index contributed by atoms with van der Waals surface area (Å²) in [6.45, 7) is 4.78. The molecule has 0 spiro atoms. The van der Waals surface area contributed by atoms with Crippen molar-refractivity contribution in [1.82, 2.24) is 14.5 Å². The second-order valence-corrected chi connectivity index (χ2v) is 9.11. The molecule has 1 N–H and O–H groups in total. The first-order valence-electron chi connectivity index (χ1n) is 9.17. The fourth-order valence-electron chi connectivity index (χ4n) is 3.50. The lowest BCUT2D eigenvalue weighted by molar-refractivity contribution is 0.114. The highest BCUT2D eigenvalue weighted by Crippen LogP contribution is 2.21. The molecule has 1 aliphatic rings. The molecule has 0 amide bonds. The number of aliphatic hydroxyl groups is 1. The number of benzene rings is 1. The van der Waals surface area contributed by atoms with E-state index in [4.69, 9.17) is 0 Å². The van der Waals surface area contributed by atoms with Gasteiger partial charge in [0.1, 0.15) is 0 Å². The van der Waals surface area contributed by atoms with E-state index in [-0.39, 0.29) is 17.5 Å². The molecule has 1 aromatic carbocycles. The maximum atomic E-state index is 12.5. The lowest BCUT2D eigenvalue weighted by Gasteiger charge is -2.31. The Balaban J connectivity index is 1.89. The van der Waals surface area contributed by atoms with Gasteiger partial charge in [0.2, 0.25) is 15.0 Å². The third kappa shape index (κ3) is 4.34. The maximum Gasteiger partial charge on any atom is 0.228 e. The van der Waals surface area contributed by atoms with Gasteiger partial charge in [-0.3, -0.25) is 4.90 Å². The van der Waals surface area contributed by atoms with E-state index in [0.29, 0.717) is 19.0 Å². The highest BCUT2D eigenvalue weighted by Gasteiger charge is 2.25. The molecule has 1 saturated heterocycles. The smallest absolute Gasteiger partial charge is 0.228 e. The Labute approximate surface area is 155 Å². The molecule has 1 unspecified atom stereocenters. The third-order valence-electron chi connectivity index (χ3n) is 4.99. The van der Waals surface area contributed by atoms with Gasteiger partial charge < -0.3 is 9.67 Å². The van der Waals surface area contributed by atoms with Gasteiger partial charge in [0.15, 0.2) is 0 Å². The number of piperidine rings is 1. The van der Waals surface area contributed by atoms with Crippen molar-refractivity contribution in [2.24, 2.45) is 5.92 Å². The van der Waals surface area contributed by atoms with Gasteiger partial charge in [-0.05, 0) is 30.9 Å². The Hall–Kier alpha value is -1.70. The van der Waals surface area contributed by atoms with Crippen molar-refractivity contribution in [3.8, 4) is 0 Å². The summed E-state index contributed by atoms with van der Waals surface area (Å²) in [7, 11) is -3.39. The second-order valence-electron chi connectivity index (χ2n) is 6.93. The average molecular weight is 378 g/mol. The van der Waals surface area contributed by atoms with Crippen LogP contribution in [0.15, 0.2) is 41.7 Å². The second kappa shape index (κ2) is 8.33. The van der Waals surface area contributed by atoms with Crippen molar-refractivity contribution in [3.63, 3.8) is 0 Å². The molecule has 1 aliphatic heterocycles. The van der Waals surface area contributed by atoms with Crippen LogP contribution in [0.1, 0.15) is 31.0 Å². The van der Waals surface area contributed by atoms with Crippen LogP contribution in [-0.4, -0.2) is 53.4 Å². The summed E-state index contributed by atoms with van der Waals surface area (Å²) in [5.41, 5.74) is 1.95. The van der Waals surface area contributed by atoms with Crippen molar-refractivity contribution in [2.75, 3.05) is 25.4 Å². The highest BCUT2D eigenvalue weighted by molar-refractivity contribution is 7.91. The standard InChI is InChI=1S/C19H27N3O3S/c1-2-26(24,25)19-20-11-18(14-21-10-6-9-17(12-21)15-23)22(19)13-16-7-4-3-5-8-16/h3-5,7-8,11,17,23H,2,6,9-10,12-15H2,1H3. The number of aliphatic hydroxyl groups excluding tert-OH is 1. The molecule has 0 saturated carbocycles. The summed E-state index contributed by atoms with van der Waals surface area (Å²) in [6, 6.07) is 9.85. The normalized spacial score (nSPS) is 18.9. The average Bonchev–Trinajstić information content (AvgIpc) is 3.06. The number of imidazole rings is 1. The van der Waals surface area contributed by atoms with Crippen LogP contribution in [-0.2, 0) is 22.9 Å². The zero-order chi connectivity index (χ0) is 18.6. The minimum absolute atomic E-state index is 0.0363. The monoisotopic (exact) mass is 377 g/mol. The Morgan fingerprint density at radius 3 is 2.69 bits per heavy atom.